The van der Waals surface area contributed by atoms with Crippen molar-refractivity contribution in [3.8, 4) is 11.6 Å². The van der Waals surface area contributed by atoms with Gasteiger partial charge in [0, 0.05) is 6.07 Å². The van der Waals surface area contributed by atoms with Gasteiger partial charge in [0.1, 0.15) is 5.56 Å². The van der Waals surface area contributed by atoms with E-state index in [1.165, 1.54) is 0 Å². The summed E-state index contributed by atoms with van der Waals surface area (Å²) in [7, 11) is 0. The van der Waals surface area contributed by atoms with Crippen LogP contribution >= 0.6 is 0 Å². The smallest absolute Gasteiger partial charge is 0.505 e. The molecule has 1 aromatic heterocycles. The standard InChI is InChI=1S/C8H4F5NO4/c9-6(10)4-5(15)2(7(16)17)1-3(14-4)18-8(11,12)13/h1,6,15H,(H,16,17). The second-order valence-electron chi connectivity index (χ2n) is 2.90. The molecule has 1 aromatic rings. The van der Waals surface area contributed by atoms with Gasteiger partial charge < -0.3 is 14.9 Å². The molecule has 1 heterocycles. The topological polar surface area (TPSA) is 79.7 Å². The SMILES string of the molecule is O=C(O)c1cc(OC(F)(F)F)nc(C(F)F)c1O. The van der Waals surface area contributed by atoms with Crippen molar-refractivity contribution >= 4 is 5.97 Å². The molecule has 2 N–H and O–H groups in total. The summed E-state index contributed by atoms with van der Waals surface area (Å²) in [5.41, 5.74) is -2.67. The van der Waals surface area contributed by atoms with Crippen LogP contribution in [-0.2, 0) is 0 Å². The number of carbonyl (C=O) groups is 1. The van der Waals surface area contributed by atoms with Crippen molar-refractivity contribution in [3.05, 3.63) is 17.3 Å². The number of aromatic hydroxyl groups is 1. The number of carboxylic acids is 1. The Labute approximate surface area is 95.4 Å². The van der Waals surface area contributed by atoms with E-state index in [9.17, 15) is 26.7 Å². The minimum atomic E-state index is -5.22. The van der Waals surface area contributed by atoms with Crippen LogP contribution in [0, 0.1) is 0 Å². The Kier molecular flexibility index (Phi) is 3.58. The lowest BCUT2D eigenvalue weighted by Gasteiger charge is -2.11. The molecule has 100 valence electrons. The van der Waals surface area contributed by atoms with Crippen molar-refractivity contribution in [2.75, 3.05) is 0 Å². The summed E-state index contributed by atoms with van der Waals surface area (Å²) in [5, 5.41) is 17.6. The Morgan fingerprint density at radius 3 is 2.33 bits per heavy atom. The summed E-state index contributed by atoms with van der Waals surface area (Å²) in [6.07, 6.45) is -8.68. The van der Waals surface area contributed by atoms with Crippen LogP contribution < -0.4 is 4.74 Å². The number of ether oxygens (including phenoxy) is 1. The zero-order valence-corrected chi connectivity index (χ0v) is 8.20. The zero-order chi connectivity index (χ0) is 14.1. The number of hydrogen-bond acceptors (Lipinski definition) is 4. The fourth-order valence-corrected chi connectivity index (χ4v) is 1.02. The molecule has 18 heavy (non-hydrogen) atoms. The summed E-state index contributed by atoms with van der Waals surface area (Å²) in [6.45, 7) is 0. The van der Waals surface area contributed by atoms with Gasteiger partial charge in [-0.2, -0.15) is 0 Å². The number of carboxylic acid groups (broad SMARTS) is 1. The van der Waals surface area contributed by atoms with E-state index in [0.29, 0.717) is 0 Å². The summed E-state index contributed by atoms with van der Waals surface area (Å²) < 4.78 is 63.4. The van der Waals surface area contributed by atoms with Crippen molar-refractivity contribution < 1.29 is 41.7 Å². The highest BCUT2D eigenvalue weighted by Crippen LogP contribution is 2.33. The van der Waals surface area contributed by atoms with Crippen LogP contribution in [0.4, 0.5) is 22.0 Å². The highest BCUT2D eigenvalue weighted by molar-refractivity contribution is 5.91. The third kappa shape index (κ3) is 3.18. The molecule has 0 spiro atoms. The molecule has 0 atom stereocenters. The van der Waals surface area contributed by atoms with Gasteiger partial charge in [0.2, 0.25) is 5.88 Å². The van der Waals surface area contributed by atoms with Crippen molar-refractivity contribution in [2.24, 2.45) is 0 Å². The summed E-state index contributed by atoms with van der Waals surface area (Å²) in [5.74, 6) is -4.70. The lowest BCUT2D eigenvalue weighted by atomic mass is 10.2. The van der Waals surface area contributed by atoms with Gasteiger partial charge >= 0.3 is 12.3 Å². The fraction of sp³-hybridized carbons (Fsp3) is 0.250. The van der Waals surface area contributed by atoms with Crippen molar-refractivity contribution in [2.45, 2.75) is 12.8 Å². The fourth-order valence-electron chi connectivity index (χ4n) is 1.02. The number of alkyl halides is 5. The van der Waals surface area contributed by atoms with Gasteiger partial charge in [0.05, 0.1) is 0 Å². The van der Waals surface area contributed by atoms with Crippen LogP contribution in [0.15, 0.2) is 6.07 Å². The molecule has 0 bridgehead atoms. The van der Waals surface area contributed by atoms with E-state index < -0.39 is 41.6 Å². The van der Waals surface area contributed by atoms with Gasteiger partial charge in [-0.05, 0) is 0 Å². The molecule has 0 fully saturated rings. The number of aromatic carboxylic acids is 1. The first-order chi connectivity index (χ1) is 8.11. The molecule has 0 saturated heterocycles. The first kappa shape index (κ1) is 13.9. The van der Waals surface area contributed by atoms with Gasteiger partial charge in [-0.3, -0.25) is 0 Å². The van der Waals surface area contributed by atoms with Crippen LogP contribution in [0.3, 0.4) is 0 Å². The average Bonchev–Trinajstić information content (AvgIpc) is 2.17. The maximum Gasteiger partial charge on any atom is 0.574 e. The molecule has 1 rings (SSSR count). The Bertz CT molecular complexity index is 473. The predicted octanol–water partition coefficient (Wildman–Crippen LogP) is 2.32. The minimum absolute atomic E-state index is 0.192. The van der Waals surface area contributed by atoms with Gasteiger partial charge in [-0.1, -0.05) is 0 Å². The van der Waals surface area contributed by atoms with Gasteiger partial charge in [-0.25, -0.2) is 18.6 Å². The number of aromatic nitrogens is 1. The molecule has 0 radical (unpaired) electrons. The molecule has 0 aliphatic carbocycles. The summed E-state index contributed by atoms with van der Waals surface area (Å²) in [6, 6.07) is 0.192. The van der Waals surface area contributed by atoms with E-state index in [0.717, 1.165) is 0 Å². The second kappa shape index (κ2) is 4.63. The zero-order valence-electron chi connectivity index (χ0n) is 8.20. The lowest BCUT2D eigenvalue weighted by Crippen LogP contribution is -2.19. The Hall–Kier alpha value is -2.13. The number of nitrogens with zero attached hydrogens (tertiary/aromatic N) is 1. The largest absolute Gasteiger partial charge is 0.574 e. The van der Waals surface area contributed by atoms with Crippen LogP contribution in [-0.4, -0.2) is 27.5 Å². The lowest BCUT2D eigenvalue weighted by molar-refractivity contribution is -0.276. The quantitative estimate of drug-likeness (QED) is 0.826. The second-order valence-corrected chi connectivity index (χ2v) is 2.90. The van der Waals surface area contributed by atoms with Gasteiger partial charge in [-0.15, -0.1) is 13.2 Å². The summed E-state index contributed by atoms with van der Waals surface area (Å²) in [4.78, 5) is 13.2. The molecule has 0 aromatic carbocycles. The monoisotopic (exact) mass is 273 g/mol. The number of pyridine rings is 1. The highest BCUT2D eigenvalue weighted by Gasteiger charge is 2.33. The van der Waals surface area contributed by atoms with E-state index >= 15 is 0 Å². The van der Waals surface area contributed by atoms with Crippen LogP contribution in [0.2, 0.25) is 0 Å². The molecular formula is C8H4F5NO4. The van der Waals surface area contributed by atoms with Crippen molar-refractivity contribution in [1.29, 1.82) is 0 Å². The highest BCUT2D eigenvalue weighted by atomic mass is 19.4. The van der Waals surface area contributed by atoms with Crippen LogP contribution in [0.25, 0.3) is 0 Å². The van der Waals surface area contributed by atoms with Crippen molar-refractivity contribution in [3.63, 3.8) is 0 Å². The summed E-state index contributed by atoms with van der Waals surface area (Å²) >= 11 is 0. The van der Waals surface area contributed by atoms with E-state index in [-0.39, 0.29) is 6.07 Å². The van der Waals surface area contributed by atoms with Crippen LogP contribution in [0.5, 0.6) is 11.6 Å². The third-order valence-corrected chi connectivity index (χ3v) is 1.65. The predicted molar refractivity (Wildman–Crippen MR) is 44.5 cm³/mol. The van der Waals surface area contributed by atoms with Gasteiger partial charge in [0.25, 0.3) is 6.43 Å². The van der Waals surface area contributed by atoms with Crippen molar-refractivity contribution in [1.82, 2.24) is 4.98 Å². The molecule has 5 nitrogen and oxygen atoms in total. The Balaban J connectivity index is 3.34. The van der Waals surface area contributed by atoms with E-state index in [4.69, 9.17) is 10.2 Å². The first-order valence-electron chi connectivity index (χ1n) is 4.13. The number of halogens is 5. The molecule has 0 aliphatic rings. The minimum Gasteiger partial charge on any atom is -0.505 e. The Morgan fingerprint density at radius 1 is 1.39 bits per heavy atom. The van der Waals surface area contributed by atoms with Crippen LogP contribution in [0.1, 0.15) is 22.5 Å². The molecular weight excluding hydrogens is 269 g/mol. The number of rotatable bonds is 3. The average molecular weight is 273 g/mol. The Morgan fingerprint density at radius 2 is 1.94 bits per heavy atom. The maximum absolute atomic E-state index is 12.3. The maximum atomic E-state index is 12.3. The van der Waals surface area contributed by atoms with E-state index in [2.05, 4.69) is 9.72 Å². The van der Waals surface area contributed by atoms with E-state index in [1.807, 2.05) is 0 Å². The molecule has 0 aliphatic heterocycles. The number of hydrogen-bond donors (Lipinski definition) is 2. The van der Waals surface area contributed by atoms with Gasteiger partial charge in [0.15, 0.2) is 11.4 Å². The molecule has 0 amide bonds. The third-order valence-electron chi connectivity index (χ3n) is 1.65. The normalized spacial score (nSPS) is 11.7. The van der Waals surface area contributed by atoms with E-state index in [1.54, 1.807) is 0 Å². The first-order valence-corrected chi connectivity index (χ1v) is 4.13. The molecule has 10 heteroatoms. The molecule has 0 saturated carbocycles. The molecule has 0 unspecified atom stereocenters.